The SMILES string of the molecule is CC1(C)CCCNC1C(=O)NCc1ccc(OC(F)F)cc1. The maximum absolute atomic E-state index is 12.3. The van der Waals surface area contributed by atoms with Gasteiger partial charge in [0.05, 0.1) is 6.04 Å². The zero-order valence-corrected chi connectivity index (χ0v) is 12.9. The Morgan fingerprint density at radius 1 is 1.41 bits per heavy atom. The van der Waals surface area contributed by atoms with Crippen LogP contribution in [0.15, 0.2) is 24.3 Å². The molecule has 1 fully saturated rings. The van der Waals surface area contributed by atoms with Crippen LogP contribution in [-0.2, 0) is 11.3 Å². The lowest BCUT2D eigenvalue weighted by Crippen LogP contribution is -2.55. The Labute approximate surface area is 129 Å². The molecule has 1 aromatic rings. The highest BCUT2D eigenvalue weighted by molar-refractivity contribution is 5.82. The summed E-state index contributed by atoms with van der Waals surface area (Å²) in [4.78, 5) is 12.3. The standard InChI is InChI=1S/C16H22F2N2O2/c1-16(2)8-3-9-19-13(16)14(21)20-10-11-4-6-12(7-5-11)22-15(17)18/h4-7,13,15,19H,3,8-10H2,1-2H3,(H,20,21). The number of carbonyl (C=O) groups excluding carboxylic acids is 1. The smallest absolute Gasteiger partial charge is 0.387 e. The van der Waals surface area contributed by atoms with E-state index in [9.17, 15) is 13.6 Å². The van der Waals surface area contributed by atoms with Crippen molar-refractivity contribution in [2.45, 2.75) is 45.9 Å². The molecule has 1 heterocycles. The highest BCUT2D eigenvalue weighted by Gasteiger charge is 2.36. The summed E-state index contributed by atoms with van der Waals surface area (Å²) in [7, 11) is 0. The fourth-order valence-corrected chi connectivity index (χ4v) is 2.74. The molecule has 1 aliphatic rings. The van der Waals surface area contributed by atoms with Gasteiger partial charge in [0, 0.05) is 6.54 Å². The van der Waals surface area contributed by atoms with E-state index in [2.05, 4.69) is 29.2 Å². The van der Waals surface area contributed by atoms with E-state index in [4.69, 9.17) is 0 Å². The summed E-state index contributed by atoms with van der Waals surface area (Å²) >= 11 is 0. The summed E-state index contributed by atoms with van der Waals surface area (Å²) in [6.45, 7) is 2.55. The number of rotatable bonds is 5. The third-order valence-corrected chi connectivity index (χ3v) is 4.01. The van der Waals surface area contributed by atoms with E-state index in [-0.39, 0.29) is 23.1 Å². The molecular formula is C16H22F2N2O2. The number of benzene rings is 1. The Hall–Kier alpha value is -1.69. The fourth-order valence-electron chi connectivity index (χ4n) is 2.74. The summed E-state index contributed by atoms with van der Waals surface area (Å²) in [5.74, 6) is 0.0813. The molecule has 0 aliphatic carbocycles. The van der Waals surface area contributed by atoms with Gasteiger partial charge in [-0.2, -0.15) is 8.78 Å². The topological polar surface area (TPSA) is 50.4 Å². The molecule has 122 valence electrons. The molecule has 2 N–H and O–H groups in total. The summed E-state index contributed by atoms with van der Waals surface area (Å²) in [6, 6.07) is 6.06. The largest absolute Gasteiger partial charge is 0.435 e. The lowest BCUT2D eigenvalue weighted by Gasteiger charge is -2.38. The summed E-state index contributed by atoms with van der Waals surface area (Å²) in [5.41, 5.74) is 0.765. The predicted molar refractivity (Wildman–Crippen MR) is 79.7 cm³/mol. The van der Waals surface area contributed by atoms with Crippen LogP contribution in [0.2, 0.25) is 0 Å². The van der Waals surface area contributed by atoms with E-state index < -0.39 is 6.61 Å². The first-order valence-electron chi connectivity index (χ1n) is 7.43. The molecule has 1 atom stereocenters. The second-order valence-corrected chi connectivity index (χ2v) is 6.22. The maximum atomic E-state index is 12.3. The van der Waals surface area contributed by atoms with Crippen LogP contribution in [0, 0.1) is 5.41 Å². The second kappa shape index (κ2) is 7.05. The molecule has 0 saturated carbocycles. The number of hydrogen-bond acceptors (Lipinski definition) is 3. The van der Waals surface area contributed by atoms with Crippen molar-refractivity contribution in [1.29, 1.82) is 0 Å². The van der Waals surface area contributed by atoms with Crippen LogP contribution >= 0.6 is 0 Å². The van der Waals surface area contributed by atoms with Crippen molar-refractivity contribution in [3.05, 3.63) is 29.8 Å². The molecular weight excluding hydrogens is 290 g/mol. The molecule has 1 aliphatic heterocycles. The molecule has 4 nitrogen and oxygen atoms in total. The second-order valence-electron chi connectivity index (χ2n) is 6.22. The fraction of sp³-hybridized carbons (Fsp3) is 0.562. The molecule has 6 heteroatoms. The number of hydrogen-bond donors (Lipinski definition) is 2. The summed E-state index contributed by atoms with van der Waals surface area (Å²) in [5, 5.41) is 6.15. The molecule has 2 rings (SSSR count). The highest BCUT2D eigenvalue weighted by atomic mass is 19.3. The molecule has 0 bridgehead atoms. The molecule has 1 aromatic carbocycles. The van der Waals surface area contributed by atoms with Crippen LogP contribution in [0.5, 0.6) is 5.75 Å². The van der Waals surface area contributed by atoms with Gasteiger partial charge < -0.3 is 15.4 Å². The van der Waals surface area contributed by atoms with Gasteiger partial charge in [-0.1, -0.05) is 26.0 Å². The highest BCUT2D eigenvalue weighted by Crippen LogP contribution is 2.30. The number of nitrogens with one attached hydrogen (secondary N) is 2. The van der Waals surface area contributed by atoms with E-state index in [0.29, 0.717) is 6.54 Å². The Balaban J connectivity index is 1.88. The number of alkyl halides is 2. The monoisotopic (exact) mass is 312 g/mol. The Bertz CT molecular complexity index is 503. The van der Waals surface area contributed by atoms with Gasteiger partial charge in [0.15, 0.2) is 0 Å². The number of carbonyl (C=O) groups is 1. The Morgan fingerprint density at radius 2 is 2.09 bits per heavy atom. The van der Waals surface area contributed by atoms with E-state index in [1.54, 1.807) is 12.1 Å². The average Bonchev–Trinajstić information content (AvgIpc) is 2.45. The van der Waals surface area contributed by atoms with Gasteiger partial charge in [0.2, 0.25) is 5.91 Å². The average molecular weight is 312 g/mol. The zero-order chi connectivity index (χ0) is 16.2. The maximum Gasteiger partial charge on any atom is 0.387 e. The molecule has 0 radical (unpaired) electrons. The normalized spacial score (nSPS) is 20.7. The van der Waals surface area contributed by atoms with Crippen molar-refractivity contribution >= 4 is 5.91 Å². The van der Waals surface area contributed by atoms with Gasteiger partial charge in [0.1, 0.15) is 5.75 Å². The molecule has 1 saturated heterocycles. The Morgan fingerprint density at radius 3 is 2.68 bits per heavy atom. The van der Waals surface area contributed by atoms with E-state index >= 15 is 0 Å². The van der Waals surface area contributed by atoms with Crippen molar-refractivity contribution in [1.82, 2.24) is 10.6 Å². The number of halogens is 2. The summed E-state index contributed by atoms with van der Waals surface area (Å²) in [6.07, 6.45) is 2.08. The van der Waals surface area contributed by atoms with Crippen LogP contribution in [0.1, 0.15) is 32.3 Å². The predicted octanol–water partition coefficient (Wildman–Crippen LogP) is 2.68. The van der Waals surface area contributed by atoms with E-state index in [0.717, 1.165) is 24.9 Å². The lowest BCUT2D eigenvalue weighted by atomic mass is 9.77. The van der Waals surface area contributed by atoms with Crippen LogP contribution in [-0.4, -0.2) is 25.1 Å². The molecule has 0 aromatic heterocycles. The van der Waals surface area contributed by atoms with Crippen LogP contribution in [0.3, 0.4) is 0 Å². The minimum Gasteiger partial charge on any atom is -0.435 e. The van der Waals surface area contributed by atoms with Gasteiger partial charge in [-0.15, -0.1) is 0 Å². The van der Waals surface area contributed by atoms with E-state index in [1.807, 2.05) is 0 Å². The third-order valence-electron chi connectivity index (χ3n) is 4.01. The number of ether oxygens (including phenoxy) is 1. The van der Waals surface area contributed by atoms with Crippen molar-refractivity contribution in [3.8, 4) is 5.75 Å². The van der Waals surface area contributed by atoms with Crippen molar-refractivity contribution < 1.29 is 18.3 Å². The molecule has 22 heavy (non-hydrogen) atoms. The van der Waals surface area contributed by atoms with Crippen LogP contribution < -0.4 is 15.4 Å². The van der Waals surface area contributed by atoms with Gasteiger partial charge in [-0.3, -0.25) is 4.79 Å². The molecule has 1 amide bonds. The van der Waals surface area contributed by atoms with Crippen molar-refractivity contribution in [2.75, 3.05) is 6.54 Å². The minimum absolute atomic E-state index is 0.0300. The minimum atomic E-state index is -2.83. The van der Waals surface area contributed by atoms with Crippen LogP contribution in [0.4, 0.5) is 8.78 Å². The molecule has 1 unspecified atom stereocenters. The van der Waals surface area contributed by atoms with Crippen LogP contribution in [0.25, 0.3) is 0 Å². The van der Waals surface area contributed by atoms with E-state index in [1.165, 1.54) is 12.1 Å². The quantitative estimate of drug-likeness (QED) is 0.879. The lowest BCUT2D eigenvalue weighted by molar-refractivity contribution is -0.126. The first-order chi connectivity index (χ1) is 10.4. The van der Waals surface area contributed by atoms with Gasteiger partial charge >= 0.3 is 6.61 Å². The van der Waals surface area contributed by atoms with Gasteiger partial charge in [-0.25, -0.2) is 0 Å². The van der Waals surface area contributed by atoms with Gasteiger partial charge in [0.25, 0.3) is 0 Å². The number of amides is 1. The summed E-state index contributed by atoms with van der Waals surface area (Å²) < 4.78 is 28.4. The van der Waals surface area contributed by atoms with Crippen molar-refractivity contribution in [2.24, 2.45) is 5.41 Å². The molecule has 0 spiro atoms. The van der Waals surface area contributed by atoms with Gasteiger partial charge in [-0.05, 0) is 42.5 Å². The first kappa shape index (κ1) is 16.7. The first-order valence-corrected chi connectivity index (χ1v) is 7.43. The zero-order valence-electron chi connectivity index (χ0n) is 12.9. The van der Waals surface area contributed by atoms with Crippen molar-refractivity contribution in [3.63, 3.8) is 0 Å². The number of piperidine rings is 1. The third kappa shape index (κ3) is 4.40. The Kier molecular flexibility index (Phi) is 5.34.